The summed E-state index contributed by atoms with van der Waals surface area (Å²) in [6, 6.07) is 2.17. The second-order valence-electron chi connectivity index (χ2n) is 38.2. The summed E-state index contributed by atoms with van der Waals surface area (Å²) in [5, 5.41) is 41.8. The number of hydrogen-bond acceptors (Lipinski definition) is 26. The summed E-state index contributed by atoms with van der Waals surface area (Å²) in [6.45, 7) is 21.7. The van der Waals surface area contributed by atoms with Crippen LogP contribution < -0.4 is 5.32 Å². The number of carbonyl (C=O) groups is 2. The Hall–Kier alpha value is -8.66. The fraction of sp³-hybridized carbons (Fsp3) is 0.688. The van der Waals surface area contributed by atoms with Gasteiger partial charge >= 0.3 is 5.97 Å². The van der Waals surface area contributed by atoms with Gasteiger partial charge in [-0.25, -0.2) is 44.9 Å². The number of aryl methyl sites for hydroxylation is 2. The van der Waals surface area contributed by atoms with Gasteiger partial charge in [0.1, 0.15) is 99.6 Å². The largest absolute Gasteiger partial charge is 0.480 e. The smallest absolute Gasteiger partial charge is 0.323 e. The molecule has 39 heteroatoms. The van der Waals surface area contributed by atoms with Gasteiger partial charge in [-0.1, -0.05) is 23.2 Å². The minimum absolute atomic E-state index is 0.0155. The number of aliphatic carboxylic acids is 1. The second-order valence-corrected chi connectivity index (χ2v) is 38.9. The maximum atomic E-state index is 11.4. The number of nitriles is 1. The standard InChI is InChI=1S/C12H20N4O.C12H21N3O.C11H16N4.C11H17N3O2.C11H19N3O.C10H15Cl2N3.2C10H17N3O.C9H15N3O/c1-13-11(17)9-16-8-5-14-12(16)10-3-6-15(2)7-4-10;1-14-6-3-11(4-7-14)12-13-5-8-15(12)9-10-16-2;1-14-6-2-10(3-7-14)11-13-5-9-15(11)8-4-12;1-13-5-2-9(3-6-13)11-12-4-7-14(11)8-10(15)16;1-13-7-4-11(15-3,5-8-13)10-12-6-9-14(10)2;1-14-5-3-7(4-6-14)10-13-8(11)9(12)15(10)2;1-13-7-3-10(14-2,4-8-13)9-11-5-6-12-9;1-12-6-3-10(14,4-7-12)9-11-5-8-13(9)2;1-12-6-2-9(13,3-7-12)8-10-4-5-11-8/h5,8,10H,3-4,6-7,9H2,1-2H3,(H,13,17);5,8,11H,3-4,6-7,9-10H2,1-2H3;5,9-10H,2-3,6-8H2,1H3;4,7,9H,2-3,5-6,8H2,1H3,(H,15,16);6,9H,4-5,7-8H2,1-3H3;7H,3-6H2,1-2H3;5-6H,3-4,7-8H2,1-2H3,(H,11,12);5,8,14H,3-4,6-7H2,1-2H3;4-5,13H,2-3,6-7H2,1H3,(H,10,11). The first-order valence-electron chi connectivity index (χ1n) is 48.2. The quantitative estimate of drug-likeness (QED) is 0.0440. The summed E-state index contributed by atoms with van der Waals surface area (Å²) in [6.07, 6.45) is 47.8. The SMILES string of the molecule is CN1CCC(O)(c2ncc[nH]2)CC1.CN1CCC(O)(c2nccn2C)CC1.CN1CCC(c2nc(Cl)c(Cl)n2C)CC1.CN1CCC(c2nccn2CC#N)CC1.CN1CCC(c2nccn2CC(=O)O)CC1.CNC(=O)Cn1ccnc1C1CCN(C)CC1.COC1(c2ncc[nH]2)CCN(C)CC1.COC1(c2nccn2C)CCN(C)CC1.COCCn1ccnc1C1CCN(C)CC1. The fourth-order valence-electron chi connectivity index (χ4n) is 19.2. The predicted molar refractivity (Wildman–Crippen MR) is 524 cm³/mol. The number of aromatic nitrogens is 18. The van der Waals surface area contributed by atoms with Gasteiger partial charge < -0.3 is 121 Å². The molecule has 18 heterocycles. The summed E-state index contributed by atoms with van der Waals surface area (Å²) in [4.78, 5) is 88.1. The van der Waals surface area contributed by atoms with E-state index >= 15 is 0 Å². The van der Waals surface area contributed by atoms with Gasteiger partial charge in [0.15, 0.2) is 5.15 Å². The highest BCUT2D eigenvalue weighted by Gasteiger charge is 2.42. The molecule has 9 aromatic rings. The number of likely N-dealkylation sites (N-methyl/N-ethyl adjacent to an activating group) is 1. The number of amides is 1. The van der Waals surface area contributed by atoms with E-state index in [9.17, 15) is 19.8 Å². The number of nitrogens with zero attached hydrogens (tertiary/aromatic N) is 26. The number of aliphatic hydroxyl groups is 2. The van der Waals surface area contributed by atoms with Crippen LogP contribution in [0.5, 0.6) is 0 Å². The van der Waals surface area contributed by atoms with Crippen molar-refractivity contribution in [2.24, 2.45) is 21.1 Å². The van der Waals surface area contributed by atoms with Gasteiger partial charge in [-0.2, -0.15) is 5.26 Å². The monoisotopic (exact) mass is 1910 g/mol. The topological polar surface area (TPSA) is 370 Å². The van der Waals surface area contributed by atoms with E-state index in [-0.39, 0.29) is 23.7 Å². The number of nitrogens with one attached hydrogen (secondary N) is 3. The van der Waals surface area contributed by atoms with E-state index in [1.54, 1.807) is 82.5 Å². The van der Waals surface area contributed by atoms with Crippen molar-refractivity contribution in [1.82, 2.24) is 136 Å². The highest BCUT2D eigenvalue weighted by Crippen LogP contribution is 2.39. The lowest BCUT2D eigenvalue weighted by atomic mass is 9.90. The molecule has 0 bridgehead atoms. The van der Waals surface area contributed by atoms with Crippen molar-refractivity contribution in [1.29, 1.82) is 5.26 Å². The highest BCUT2D eigenvalue weighted by atomic mass is 35.5. The molecule has 0 aliphatic carbocycles. The van der Waals surface area contributed by atoms with Crippen LogP contribution in [-0.4, -0.2) is 374 Å². The van der Waals surface area contributed by atoms with Crippen LogP contribution in [0.3, 0.4) is 0 Å². The Balaban J connectivity index is 0.000000157. The first-order chi connectivity index (χ1) is 64.8. The number of rotatable bonds is 19. The summed E-state index contributed by atoms with van der Waals surface area (Å²) < 4.78 is 30.3. The molecule has 9 saturated heterocycles. The second kappa shape index (κ2) is 53.5. The number of H-pyrrole nitrogens is 2. The van der Waals surface area contributed by atoms with Crippen molar-refractivity contribution >= 4 is 35.1 Å². The lowest BCUT2D eigenvalue weighted by Crippen LogP contribution is -2.43. The summed E-state index contributed by atoms with van der Waals surface area (Å²) in [5.41, 5.74) is -1.80. The number of halogens is 2. The maximum Gasteiger partial charge on any atom is 0.323 e. The molecule has 9 aromatic heterocycles. The lowest BCUT2D eigenvalue weighted by Gasteiger charge is -2.38. The Morgan fingerprint density at radius 1 is 0.422 bits per heavy atom. The first-order valence-corrected chi connectivity index (χ1v) is 49.0. The maximum absolute atomic E-state index is 11.4. The van der Waals surface area contributed by atoms with Gasteiger partial charge in [-0.05, 0) is 244 Å². The number of carboxylic acid groups (broad SMARTS) is 1. The van der Waals surface area contributed by atoms with Gasteiger partial charge in [0.05, 0.1) is 12.7 Å². The number of piperidine rings is 9. The van der Waals surface area contributed by atoms with E-state index in [0.29, 0.717) is 58.8 Å². The van der Waals surface area contributed by atoms with Crippen molar-refractivity contribution in [2.45, 2.75) is 194 Å². The van der Waals surface area contributed by atoms with Gasteiger partial charge in [-0.3, -0.25) is 9.59 Å². The molecule has 0 unspecified atom stereocenters. The van der Waals surface area contributed by atoms with Crippen molar-refractivity contribution in [3.63, 3.8) is 0 Å². The minimum Gasteiger partial charge on any atom is -0.480 e. The molecule has 9 aliphatic heterocycles. The van der Waals surface area contributed by atoms with Gasteiger partial charge in [0.2, 0.25) is 5.91 Å². The number of likely N-dealkylation sites (tertiary alicyclic amines) is 9. The highest BCUT2D eigenvalue weighted by molar-refractivity contribution is 6.40. The zero-order valence-electron chi connectivity index (χ0n) is 83.4. The van der Waals surface area contributed by atoms with Crippen molar-refractivity contribution in [3.8, 4) is 6.07 Å². The van der Waals surface area contributed by atoms with E-state index in [1.165, 1.54) is 31.8 Å². The summed E-state index contributed by atoms with van der Waals surface area (Å²) >= 11 is 11.9. The van der Waals surface area contributed by atoms with E-state index in [1.807, 2.05) is 82.8 Å². The molecular weight excluding hydrogens is 1760 g/mol. The first kappa shape index (κ1) is 108. The molecule has 18 rings (SSSR count). The summed E-state index contributed by atoms with van der Waals surface area (Å²) in [5.74, 6) is 10.6. The lowest BCUT2D eigenvalue weighted by molar-refractivity contribution is -0.137. The van der Waals surface area contributed by atoms with Crippen molar-refractivity contribution < 1.29 is 39.1 Å². The Morgan fingerprint density at radius 2 is 0.756 bits per heavy atom. The van der Waals surface area contributed by atoms with Crippen LogP contribution in [0.25, 0.3) is 0 Å². The molecular formula is C96H157Cl2N29O8. The Morgan fingerprint density at radius 3 is 1.10 bits per heavy atom. The number of carboxylic acids is 1. The number of imidazole rings is 9. The number of carbonyl (C=O) groups excluding carboxylic acids is 1. The average molecular weight is 1920 g/mol. The van der Waals surface area contributed by atoms with E-state index < -0.39 is 17.2 Å². The molecule has 0 aromatic carbocycles. The van der Waals surface area contributed by atoms with E-state index in [2.05, 4.69) is 189 Å². The Kier molecular flexibility index (Phi) is 42.9. The molecule has 6 N–H and O–H groups in total. The van der Waals surface area contributed by atoms with Crippen LogP contribution >= 0.6 is 23.2 Å². The third kappa shape index (κ3) is 31.4. The number of hydrogen-bond donors (Lipinski definition) is 6. The molecule has 37 nitrogen and oxygen atoms in total. The van der Waals surface area contributed by atoms with Gasteiger partial charge in [-0.15, -0.1) is 0 Å². The Bertz CT molecular complexity index is 4860. The zero-order chi connectivity index (χ0) is 97.2. The predicted octanol–water partition coefficient (Wildman–Crippen LogP) is 8.93. The summed E-state index contributed by atoms with van der Waals surface area (Å²) in [7, 11) is 32.0. The molecule has 1 amide bonds. The van der Waals surface area contributed by atoms with Crippen LogP contribution in [-0.2, 0) is 93.5 Å². The molecule has 0 radical (unpaired) electrons. The Labute approximate surface area is 810 Å². The van der Waals surface area contributed by atoms with Gasteiger partial charge in [0, 0.05) is 237 Å². The third-order valence-electron chi connectivity index (χ3n) is 28.4. The van der Waals surface area contributed by atoms with Gasteiger partial charge in [0.25, 0.3) is 0 Å². The third-order valence-corrected chi connectivity index (χ3v) is 29.2. The fourth-order valence-corrected chi connectivity index (χ4v) is 19.6. The van der Waals surface area contributed by atoms with Crippen LogP contribution in [0.1, 0.15) is 198 Å². The van der Waals surface area contributed by atoms with Crippen molar-refractivity contribution in [3.05, 3.63) is 162 Å². The molecule has 0 saturated carbocycles. The molecule has 748 valence electrons. The van der Waals surface area contributed by atoms with E-state index in [0.717, 1.165) is 261 Å². The van der Waals surface area contributed by atoms with Crippen molar-refractivity contribution in [2.75, 3.05) is 216 Å². The van der Waals surface area contributed by atoms with Crippen LogP contribution in [0.15, 0.2) is 99.1 Å². The van der Waals surface area contributed by atoms with Crippen LogP contribution in [0.4, 0.5) is 0 Å². The number of aromatic amines is 2. The normalized spacial score (nSPS) is 20.4. The molecule has 135 heavy (non-hydrogen) atoms. The average Bonchev–Trinajstić information content (AvgIpc) is 1.70. The van der Waals surface area contributed by atoms with E-state index in [4.69, 9.17) is 47.8 Å². The molecule has 0 atom stereocenters. The van der Waals surface area contributed by atoms with Crippen LogP contribution in [0.2, 0.25) is 10.3 Å². The zero-order valence-corrected chi connectivity index (χ0v) is 84.9. The number of methoxy groups -OCH3 is 3. The molecule has 9 aliphatic rings. The minimum atomic E-state index is -0.813. The molecule has 0 spiro atoms. The van der Waals surface area contributed by atoms with Crippen LogP contribution in [0, 0.1) is 11.3 Å². The molecule has 9 fully saturated rings. The number of ether oxygens (including phenoxy) is 3.